The maximum absolute atomic E-state index is 8.30. The van der Waals surface area contributed by atoms with Crippen LogP contribution in [0.25, 0.3) is 0 Å². The van der Waals surface area contributed by atoms with Crippen molar-refractivity contribution in [3.05, 3.63) is 27.1 Å². The molecule has 0 aliphatic carbocycles. The van der Waals surface area contributed by atoms with E-state index in [4.69, 9.17) is 10.00 Å². The Morgan fingerprint density at radius 3 is 2.42 bits per heavy atom. The summed E-state index contributed by atoms with van der Waals surface area (Å²) in [7, 11) is 0. The van der Waals surface area contributed by atoms with E-state index in [1.54, 1.807) is 0 Å². The van der Waals surface area contributed by atoms with E-state index in [0.29, 0.717) is 5.75 Å². The molecular weight excluding hydrogens is 286 g/mol. The number of nitriles is 1. The Labute approximate surface area is 87.4 Å². The molecule has 0 radical (unpaired) electrons. The second-order valence-electron chi connectivity index (χ2n) is 2.00. The van der Waals surface area contributed by atoms with E-state index < -0.39 is 0 Å². The second-order valence-corrected chi connectivity index (χ2v) is 3.71. The minimum absolute atomic E-state index is 0.0568. The lowest BCUT2D eigenvalue weighted by molar-refractivity contribution is 0.363. The third-order valence-electron chi connectivity index (χ3n) is 1.20. The van der Waals surface area contributed by atoms with Crippen molar-refractivity contribution in [2.75, 3.05) is 6.61 Å². The van der Waals surface area contributed by atoms with E-state index in [2.05, 4.69) is 31.9 Å². The molecule has 0 aliphatic rings. The Bertz CT molecular complexity index is 299. The maximum Gasteiger partial charge on any atom is 0.174 e. The molecule has 1 aromatic carbocycles. The fourth-order valence-electron chi connectivity index (χ4n) is 0.725. The molecule has 0 heterocycles. The second kappa shape index (κ2) is 4.48. The number of hydrogen-bond donors (Lipinski definition) is 0. The van der Waals surface area contributed by atoms with Crippen LogP contribution in [0.4, 0.5) is 0 Å². The molecule has 0 saturated heterocycles. The number of benzene rings is 1. The summed E-state index contributed by atoms with van der Waals surface area (Å²) < 4.78 is 6.84. The summed E-state index contributed by atoms with van der Waals surface area (Å²) in [5.74, 6) is 0.666. The summed E-state index contributed by atoms with van der Waals surface area (Å²) in [5.41, 5.74) is 0. The standard InChI is InChI=1S/C8H5Br2NO/c9-6-2-1-3-7(10)8(6)12-5-4-11/h1-3H,5H2. The van der Waals surface area contributed by atoms with Gasteiger partial charge in [0.25, 0.3) is 0 Å². The molecule has 1 rings (SSSR count). The van der Waals surface area contributed by atoms with Gasteiger partial charge in [0.2, 0.25) is 0 Å². The first kappa shape index (κ1) is 9.56. The van der Waals surface area contributed by atoms with Crippen molar-refractivity contribution in [3.8, 4) is 11.8 Å². The lowest BCUT2D eigenvalue weighted by atomic mass is 10.3. The molecule has 0 amide bonds. The number of hydrogen-bond acceptors (Lipinski definition) is 2. The Morgan fingerprint density at radius 2 is 1.92 bits per heavy atom. The van der Waals surface area contributed by atoms with Crippen LogP contribution in [0.15, 0.2) is 27.1 Å². The first-order valence-corrected chi connectivity index (χ1v) is 4.78. The molecule has 0 N–H and O–H groups in total. The van der Waals surface area contributed by atoms with Crippen LogP contribution in [0.3, 0.4) is 0 Å². The molecule has 0 fully saturated rings. The van der Waals surface area contributed by atoms with Crippen molar-refractivity contribution in [2.24, 2.45) is 0 Å². The van der Waals surface area contributed by atoms with Gasteiger partial charge in [-0.2, -0.15) is 5.26 Å². The van der Waals surface area contributed by atoms with Gasteiger partial charge in [0, 0.05) is 0 Å². The molecule has 12 heavy (non-hydrogen) atoms. The molecule has 2 nitrogen and oxygen atoms in total. The predicted octanol–water partition coefficient (Wildman–Crippen LogP) is 3.11. The average Bonchev–Trinajstić information content (AvgIpc) is 2.04. The number of para-hydroxylation sites is 1. The molecule has 0 bridgehead atoms. The molecule has 0 aromatic heterocycles. The Balaban J connectivity index is 2.90. The van der Waals surface area contributed by atoms with E-state index >= 15 is 0 Å². The van der Waals surface area contributed by atoms with E-state index in [1.807, 2.05) is 24.3 Å². The fourth-order valence-corrected chi connectivity index (χ4v) is 1.95. The summed E-state index contributed by atoms with van der Waals surface area (Å²) in [4.78, 5) is 0. The topological polar surface area (TPSA) is 33.0 Å². The van der Waals surface area contributed by atoms with Crippen LogP contribution in [-0.2, 0) is 0 Å². The Hall–Kier alpha value is -0.530. The van der Waals surface area contributed by atoms with Crippen LogP contribution in [0.1, 0.15) is 0 Å². The smallest absolute Gasteiger partial charge is 0.174 e. The lowest BCUT2D eigenvalue weighted by Gasteiger charge is -2.05. The van der Waals surface area contributed by atoms with Crippen LogP contribution in [0.2, 0.25) is 0 Å². The molecule has 4 heteroatoms. The van der Waals surface area contributed by atoms with Crippen molar-refractivity contribution in [1.29, 1.82) is 5.26 Å². The van der Waals surface area contributed by atoms with Gasteiger partial charge in [-0.1, -0.05) is 6.07 Å². The largest absolute Gasteiger partial charge is 0.476 e. The quantitative estimate of drug-likeness (QED) is 0.838. The van der Waals surface area contributed by atoms with E-state index in [1.165, 1.54) is 0 Å². The number of nitrogens with zero attached hydrogens (tertiary/aromatic N) is 1. The van der Waals surface area contributed by atoms with Gasteiger partial charge in [0.05, 0.1) is 8.95 Å². The van der Waals surface area contributed by atoms with Crippen molar-refractivity contribution in [2.45, 2.75) is 0 Å². The molecule has 0 aliphatic heterocycles. The van der Waals surface area contributed by atoms with Gasteiger partial charge < -0.3 is 4.74 Å². The number of ether oxygens (including phenoxy) is 1. The van der Waals surface area contributed by atoms with Crippen LogP contribution in [-0.4, -0.2) is 6.61 Å². The van der Waals surface area contributed by atoms with Crippen molar-refractivity contribution in [3.63, 3.8) is 0 Å². The van der Waals surface area contributed by atoms with Crippen LogP contribution in [0, 0.1) is 11.3 Å². The van der Waals surface area contributed by atoms with Gasteiger partial charge in [-0.15, -0.1) is 0 Å². The number of rotatable bonds is 2. The fraction of sp³-hybridized carbons (Fsp3) is 0.125. The summed E-state index contributed by atoms with van der Waals surface area (Å²) in [6.45, 7) is 0.0568. The zero-order chi connectivity index (χ0) is 8.97. The van der Waals surface area contributed by atoms with Crippen molar-refractivity contribution >= 4 is 31.9 Å². The zero-order valence-electron chi connectivity index (χ0n) is 6.05. The Kier molecular flexibility index (Phi) is 3.57. The van der Waals surface area contributed by atoms with E-state index in [0.717, 1.165) is 8.95 Å². The summed E-state index contributed by atoms with van der Waals surface area (Å²) in [6.07, 6.45) is 0. The predicted molar refractivity (Wildman–Crippen MR) is 53.0 cm³/mol. The van der Waals surface area contributed by atoms with Gasteiger partial charge >= 0.3 is 0 Å². The summed E-state index contributed by atoms with van der Waals surface area (Å²) in [5, 5.41) is 8.30. The monoisotopic (exact) mass is 289 g/mol. The highest BCUT2D eigenvalue weighted by atomic mass is 79.9. The van der Waals surface area contributed by atoms with Crippen LogP contribution in [0.5, 0.6) is 5.75 Å². The lowest BCUT2D eigenvalue weighted by Crippen LogP contribution is -1.94. The minimum atomic E-state index is 0.0568. The molecule has 0 spiro atoms. The molecule has 1 aromatic rings. The van der Waals surface area contributed by atoms with Gasteiger partial charge in [0.15, 0.2) is 6.61 Å². The van der Waals surface area contributed by atoms with Crippen LogP contribution >= 0.6 is 31.9 Å². The SMILES string of the molecule is N#CCOc1c(Br)cccc1Br. The highest BCUT2D eigenvalue weighted by Gasteiger charge is 2.04. The van der Waals surface area contributed by atoms with E-state index in [-0.39, 0.29) is 6.61 Å². The third-order valence-corrected chi connectivity index (χ3v) is 2.45. The molecule has 0 unspecified atom stereocenters. The molecular formula is C8H5Br2NO. The van der Waals surface area contributed by atoms with Crippen molar-refractivity contribution in [1.82, 2.24) is 0 Å². The third kappa shape index (κ3) is 2.23. The highest BCUT2D eigenvalue weighted by Crippen LogP contribution is 2.32. The first-order valence-electron chi connectivity index (χ1n) is 3.19. The van der Waals surface area contributed by atoms with Gasteiger partial charge in [-0.25, -0.2) is 0 Å². The van der Waals surface area contributed by atoms with Gasteiger partial charge in [-0.05, 0) is 44.0 Å². The summed E-state index contributed by atoms with van der Waals surface area (Å²) >= 11 is 6.63. The molecule has 0 atom stereocenters. The Morgan fingerprint density at radius 1 is 1.33 bits per heavy atom. The van der Waals surface area contributed by atoms with Gasteiger partial charge in [-0.3, -0.25) is 0 Å². The molecule has 62 valence electrons. The summed E-state index contributed by atoms with van der Waals surface area (Å²) in [6, 6.07) is 7.51. The highest BCUT2D eigenvalue weighted by molar-refractivity contribution is 9.11. The van der Waals surface area contributed by atoms with Crippen LogP contribution < -0.4 is 4.74 Å². The molecule has 0 saturated carbocycles. The number of halogens is 2. The maximum atomic E-state index is 8.30. The minimum Gasteiger partial charge on any atom is -0.476 e. The average molecular weight is 291 g/mol. The normalized spacial score (nSPS) is 9.08. The zero-order valence-corrected chi connectivity index (χ0v) is 9.22. The van der Waals surface area contributed by atoms with E-state index in [9.17, 15) is 0 Å². The van der Waals surface area contributed by atoms with Gasteiger partial charge in [0.1, 0.15) is 11.8 Å². The first-order chi connectivity index (χ1) is 5.75. The van der Waals surface area contributed by atoms with Crippen molar-refractivity contribution < 1.29 is 4.74 Å².